The number of carbonyl (C=O) groups excluding carboxylic acids is 1. The molecule has 0 saturated heterocycles. The Morgan fingerprint density at radius 2 is 2.24 bits per heavy atom. The summed E-state index contributed by atoms with van der Waals surface area (Å²) in [7, 11) is 1.54. The fraction of sp³-hybridized carbons (Fsp3) is 0.462. The van der Waals surface area contributed by atoms with E-state index in [1.807, 2.05) is 0 Å². The van der Waals surface area contributed by atoms with Gasteiger partial charge in [-0.25, -0.2) is 0 Å². The van der Waals surface area contributed by atoms with Gasteiger partial charge >= 0.3 is 0 Å². The van der Waals surface area contributed by atoms with Crippen LogP contribution >= 0.6 is 11.6 Å². The topological polar surface area (TPSA) is 35.5 Å². The van der Waals surface area contributed by atoms with Gasteiger partial charge < -0.3 is 9.47 Å². The summed E-state index contributed by atoms with van der Waals surface area (Å²) >= 11 is 5.89. The lowest BCUT2D eigenvalue weighted by Crippen LogP contribution is -2.19. The largest absolute Gasteiger partial charge is 0.493 e. The van der Waals surface area contributed by atoms with Crippen molar-refractivity contribution in [1.29, 1.82) is 0 Å². The van der Waals surface area contributed by atoms with Crippen LogP contribution < -0.4 is 9.47 Å². The Hall–Kier alpha value is -1.22. The highest BCUT2D eigenvalue weighted by Crippen LogP contribution is 2.35. The number of hydrogen-bond acceptors (Lipinski definition) is 3. The molecule has 17 heavy (non-hydrogen) atoms. The first-order valence-corrected chi connectivity index (χ1v) is 6.08. The first kappa shape index (κ1) is 12.2. The van der Waals surface area contributed by atoms with E-state index in [1.165, 1.54) is 26.4 Å². The van der Waals surface area contributed by atoms with Crippen molar-refractivity contribution >= 4 is 17.9 Å². The average molecular weight is 255 g/mol. The third-order valence-corrected chi connectivity index (χ3v) is 3.30. The maximum absolute atomic E-state index is 11.0. The van der Waals surface area contributed by atoms with E-state index < -0.39 is 0 Å². The monoisotopic (exact) mass is 254 g/mol. The lowest BCUT2D eigenvalue weighted by Gasteiger charge is -2.25. The summed E-state index contributed by atoms with van der Waals surface area (Å²) in [6.07, 6.45) is 4.41. The van der Waals surface area contributed by atoms with Crippen molar-refractivity contribution in [2.24, 2.45) is 5.92 Å². The van der Waals surface area contributed by atoms with Gasteiger partial charge in [0.2, 0.25) is 0 Å². The van der Waals surface area contributed by atoms with Crippen LogP contribution in [0.2, 0.25) is 5.02 Å². The van der Waals surface area contributed by atoms with Gasteiger partial charge in [0.1, 0.15) is 0 Å². The van der Waals surface area contributed by atoms with Crippen LogP contribution in [0.4, 0.5) is 0 Å². The molecule has 0 aromatic heterocycles. The highest BCUT2D eigenvalue weighted by molar-refractivity contribution is 6.31. The van der Waals surface area contributed by atoms with Crippen LogP contribution in [0.25, 0.3) is 0 Å². The Kier molecular flexibility index (Phi) is 3.89. The Labute approximate surface area is 106 Å². The molecular weight excluding hydrogens is 240 g/mol. The molecular formula is C13H15ClO3. The van der Waals surface area contributed by atoms with Gasteiger partial charge in [-0.15, -0.1) is 0 Å². The highest BCUT2D eigenvalue weighted by atomic mass is 35.5. The molecule has 1 aromatic rings. The minimum absolute atomic E-state index is 0.439. The molecule has 1 fully saturated rings. The van der Waals surface area contributed by atoms with Gasteiger partial charge in [0.25, 0.3) is 0 Å². The van der Waals surface area contributed by atoms with Crippen molar-refractivity contribution in [2.45, 2.75) is 19.3 Å². The van der Waals surface area contributed by atoms with E-state index in [1.54, 1.807) is 12.1 Å². The maximum atomic E-state index is 11.0. The van der Waals surface area contributed by atoms with Crippen molar-refractivity contribution in [3.8, 4) is 11.5 Å². The Bertz CT molecular complexity index is 413. The summed E-state index contributed by atoms with van der Waals surface area (Å²) in [5.41, 5.74) is 0.439. The minimum atomic E-state index is 0.439. The SMILES string of the molecule is COc1cc(Cl)cc(C=O)c1OCC1CCC1. The number of aldehydes is 1. The number of rotatable bonds is 5. The fourth-order valence-corrected chi connectivity index (χ4v) is 2.06. The van der Waals surface area contributed by atoms with Crippen LogP contribution in [0.15, 0.2) is 12.1 Å². The van der Waals surface area contributed by atoms with Crippen molar-refractivity contribution in [3.63, 3.8) is 0 Å². The zero-order chi connectivity index (χ0) is 12.3. The molecule has 0 heterocycles. The summed E-state index contributed by atoms with van der Waals surface area (Å²) in [6.45, 7) is 0.638. The molecule has 0 unspecified atom stereocenters. The predicted octanol–water partition coefficient (Wildman–Crippen LogP) is 3.34. The summed E-state index contributed by atoms with van der Waals surface area (Å²) in [5.74, 6) is 1.62. The molecule has 0 atom stereocenters. The quantitative estimate of drug-likeness (QED) is 0.756. The zero-order valence-corrected chi connectivity index (χ0v) is 10.5. The van der Waals surface area contributed by atoms with Crippen molar-refractivity contribution in [2.75, 3.05) is 13.7 Å². The number of carbonyl (C=O) groups is 1. The van der Waals surface area contributed by atoms with Crippen molar-refractivity contribution in [3.05, 3.63) is 22.7 Å². The van der Waals surface area contributed by atoms with Crippen LogP contribution in [0.3, 0.4) is 0 Å². The molecule has 0 bridgehead atoms. The predicted molar refractivity (Wildman–Crippen MR) is 66.2 cm³/mol. The minimum Gasteiger partial charge on any atom is -0.493 e. The third kappa shape index (κ3) is 2.72. The molecule has 0 aliphatic heterocycles. The fourth-order valence-electron chi connectivity index (χ4n) is 1.84. The number of benzene rings is 1. The van der Waals surface area contributed by atoms with Gasteiger partial charge in [-0.1, -0.05) is 18.0 Å². The van der Waals surface area contributed by atoms with E-state index in [-0.39, 0.29) is 0 Å². The summed E-state index contributed by atoms with van der Waals surface area (Å²) in [6, 6.07) is 3.25. The molecule has 0 spiro atoms. The Balaban J connectivity index is 2.18. The molecule has 1 aromatic carbocycles. The molecule has 1 aliphatic rings. The van der Waals surface area contributed by atoms with Gasteiger partial charge in [-0.3, -0.25) is 4.79 Å². The second-order valence-electron chi connectivity index (χ2n) is 4.25. The summed E-state index contributed by atoms with van der Waals surface area (Å²) in [5, 5.41) is 0.472. The van der Waals surface area contributed by atoms with Crippen molar-refractivity contribution < 1.29 is 14.3 Å². The van der Waals surface area contributed by atoms with Gasteiger partial charge in [0, 0.05) is 11.1 Å². The van der Waals surface area contributed by atoms with Crippen molar-refractivity contribution in [1.82, 2.24) is 0 Å². The second kappa shape index (κ2) is 5.41. The van der Waals surface area contributed by atoms with Crippen LogP contribution in [0.5, 0.6) is 11.5 Å². The van der Waals surface area contributed by atoms with E-state index in [0.29, 0.717) is 34.6 Å². The normalized spacial score (nSPS) is 15.2. The lowest BCUT2D eigenvalue weighted by molar-refractivity contribution is 0.111. The Morgan fingerprint density at radius 1 is 1.47 bits per heavy atom. The zero-order valence-electron chi connectivity index (χ0n) is 9.74. The first-order valence-electron chi connectivity index (χ1n) is 5.70. The molecule has 0 amide bonds. The molecule has 2 rings (SSSR count). The van der Waals surface area contributed by atoms with E-state index in [0.717, 1.165) is 6.29 Å². The van der Waals surface area contributed by atoms with Crippen LogP contribution in [0.1, 0.15) is 29.6 Å². The van der Waals surface area contributed by atoms with Gasteiger partial charge in [-0.2, -0.15) is 0 Å². The van der Waals surface area contributed by atoms with Gasteiger partial charge in [-0.05, 0) is 24.8 Å². The summed E-state index contributed by atoms with van der Waals surface area (Å²) < 4.78 is 10.9. The standard InChI is InChI=1S/C13H15ClO3/c1-16-12-6-11(14)5-10(7-15)13(12)17-8-9-3-2-4-9/h5-7,9H,2-4,8H2,1H3. The molecule has 0 radical (unpaired) electrons. The van der Waals surface area contributed by atoms with Gasteiger partial charge in [0.15, 0.2) is 17.8 Å². The highest BCUT2D eigenvalue weighted by Gasteiger charge is 2.20. The number of halogens is 1. The summed E-state index contributed by atoms with van der Waals surface area (Å²) in [4.78, 5) is 11.0. The molecule has 3 nitrogen and oxygen atoms in total. The van der Waals surface area contributed by atoms with Crippen LogP contribution in [-0.2, 0) is 0 Å². The second-order valence-corrected chi connectivity index (χ2v) is 4.69. The number of methoxy groups -OCH3 is 1. The maximum Gasteiger partial charge on any atom is 0.171 e. The average Bonchev–Trinajstić information content (AvgIpc) is 2.27. The smallest absolute Gasteiger partial charge is 0.171 e. The molecule has 1 saturated carbocycles. The Morgan fingerprint density at radius 3 is 2.76 bits per heavy atom. The lowest BCUT2D eigenvalue weighted by atomic mass is 9.86. The number of ether oxygens (including phenoxy) is 2. The van der Waals surface area contributed by atoms with Crippen LogP contribution in [-0.4, -0.2) is 20.0 Å². The molecule has 92 valence electrons. The van der Waals surface area contributed by atoms with Gasteiger partial charge in [0.05, 0.1) is 19.3 Å². The molecule has 4 heteroatoms. The van der Waals surface area contributed by atoms with E-state index in [2.05, 4.69) is 0 Å². The third-order valence-electron chi connectivity index (χ3n) is 3.08. The number of hydrogen-bond donors (Lipinski definition) is 0. The molecule has 0 N–H and O–H groups in total. The van der Waals surface area contributed by atoms with E-state index in [4.69, 9.17) is 21.1 Å². The first-order chi connectivity index (χ1) is 8.24. The van der Waals surface area contributed by atoms with E-state index >= 15 is 0 Å². The van der Waals surface area contributed by atoms with Crippen LogP contribution in [0, 0.1) is 5.92 Å². The van der Waals surface area contributed by atoms with E-state index in [9.17, 15) is 4.79 Å². The molecule has 1 aliphatic carbocycles.